The van der Waals surface area contributed by atoms with E-state index in [0.717, 1.165) is 5.56 Å². The lowest BCUT2D eigenvalue weighted by molar-refractivity contribution is -0.385. The number of benzene rings is 2. The first-order valence-corrected chi connectivity index (χ1v) is 7.31. The summed E-state index contributed by atoms with van der Waals surface area (Å²) in [4.78, 5) is 22.0. The molecule has 0 aliphatic carbocycles. The summed E-state index contributed by atoms with van der Waals surface area (Å²) in [6.45, 7) is 0.173. The van der Waals surface area contributed by atoms with Gasteiger partial charge in [0.05, 0.1) is 4.92 Å². The largest absolute Gasteiger partial charge is 0.477 e. The van der Waals surface area contributed by atoms with Crippen LogP contribution in [0.4, 0.5) is 5.69 Å². The number of rotatable bonds is 7. The van der Waals surface area contributed by atoms with Gasteiger partial charge in [0.25, 0.3) is 5.91 Å². The van der Waals surface area contributed by atoms with Gasteiger partial charge in [-0.05, 0) is 30.2 Å². The molecule has 0 radical (unpaired) electrons. The number of nitro benzene ring substituents is 1. The quantitative estimate of drug-likeness (QED) is 0.623. The van der Waals surface area contributed by atoms with Gasteiger partial charge in [0.2, 0.25) is 0 Å². The Hall–Kier alpha value is -2.60. The van der Waals surface area contributed by atoms with Crippen LogP contribution < -0.4 is 10.1 Å². The molecule has 0 bridgehead atoms. The topological polar surface area (TPSA) is 81.5 Å². The van der Waals surface area contributed by atoms with Gasteiger partial charge in [-0.1, -0.05) is 35.9 Å². The molecule has 0 atom stereocenters. The third-order valence-electron chi connectivity index (χ3n) is 3.07. The minimum absolute atomic E-state index is 0.0744. The molecule has 23 heavy (non-hydrogen) atoms. The number of carbonyl (C=O) groups excluding carboxylic acids is 1. The van der Waals surface area contributed by atoms with Gasteiger partial charge in [-0.25, -0.2) is 0 Å². The first-order valence-electron chi connectivity index (χ1n) is 6.93. The molecule has 0 heterocycles. The highest BCUT2D eigenvalue weighted by Crippen LogP contribution is 2.25. The lowest BCUT2D eigenvalue weighted by Crippen LogP contribution is -2.30. The van der Waals surface area contributed by atoms with Crippen molar-refractivity contribution < 1.29 is 14.5 Å². The van der Waals surface area contributed by atoms with Gasteiger partial charge in [0.15, 0.2) is 12.4 Å². The predicted octanol–water partition coefficient (Wildman–Crippen LogP) is 2.99. The van der Waals surface area contributed by atoms with Crippen molar-refractivity contribution in [3.8, 4) is 5.75 Å². The Morgan fingerprint density at radius 2 is 1.87 bits per heavy atom. The zero-order chi connectivity index (χ0) is 16.7. The van der Waals surface area contributed by atoms with Gasteiger partial charge in [0.1, 0.15) is 0 Å². The van der Waals surface area contributed by atoms with Gasteiger partial charge < -0.3 is 10.1 Å². The summed E-state index contributed by atoms with van der Waals surface area (Å²) in [6, 6.07) is 13.3. The minimum Gasteiger partial charge on any atom is -0.477 e. The second-order valence-corrected chi connectivity index (χ2v) is 5.18. The Bertz CT molecular complexity index is 689. The number of ether oxygens (including phenoxy) is 1. The van der Waals surface area contributed by atoms with Crippen molar-refractivity contribution in [2.75, 3.05) is 13.2 Å². The summed E-state index contributed by atoms with van der Waals surface area (Å²) < 4.78 is 5.21. The van der Waals surface area contributed by atoms with E-state index in [9.17, 15) is 14.9 Å². The van der Waals surface area contributed by atoms with Crippen molar-refractivity contribution in [1.82, 2.24) is 5.32 Å². The first kappa shape index (κ1) is 16.8. The maximum absolute atomic E-state index is 11.7. The van der Waals surface area contributed by atoms with E-state index in [4.69, 9.17) is 16.3 Å². The highest BCUT2D eigenvalue weighted by Gasteiger charge is 2.14. The number of hydrogen-bond donors (Lipinski definition) is 1. The van der Waals surface area contributed by atoms with Crippen LogP contribution in [-0.4, -0.2) is 24.0 Å². The van der Waals surface area contributed by atoms with Crippen LogP contribution >= 0.6 is 11.6 Å². The third kappa shape index (κ3) is 5.27. The van der Waals surface area contributed by atoms with Gasteiger partial charge in [-0.2, -0.15) is 0 Å². The number of nitro groups is 1. The third-order valence-corrected chi connectivity index (χ3v) is 3.32. The van der Waals surface area contributed by atoms with Crippen LogP contribution in [0.2, 0.25) is 5.02 Å². The van der Waals surface area contributed by atoms with Crippen LogP contribution in [-0.2, 0) is 11.2 Å². The van der Waals surface area contributed by atoms with Crippen molar-refractivity contribution in [3.63, 3.8) is 0 Å². The van der Waals surface area contributed by atoms with Gasteiger partial charge in [0, 0.05) is 17.6 Å². The van der Waals surface area contributed by atoms with Crippen molar-refractivity contribution in [3.05, 3.63) is 69.2 Å². The van der Waals surface area contributed by atoms with E-state index in [2.05, 4.69) is 5.32 Å². The van der Waals surface area contributed by atoms with Crippen LogP contribution in [0, 0.1) is 10.1 Å². The summed E-state index contributed by atoms with van der Waals surface area (Å²) in [5.74, 6) is -0.262. The van der Waals surface area contributed by atoms with Crippen molar-refractivity contribution in [2.45, 2.75) is 6.42 Å². The molecule has 2 aromatic rings. The SMILES string of the molecule is O=C(COc1ccccc1[N+](=O)[O-])NCCc1ccc(Cl)cc1. The molecule has 0 aliphatic rings. The molecule has 0 aliphatic heterocycles. The fourth-order valence-corrected chi connectivity index (χ4v) is 2.05. The zero-order valence-electron chi connectivity index (χ0n) is 12.2. The van der Waals surface area contributed by atoms with Crippen LogP contribution in [0.15, 0.2) is 48.5 Å². The van der Waals surface area contributed by atoms with Crippen molar-refractivity contribution in [1.29, 1.82) is 0 Å². The predicted molar refractivity (Wildman–Crippen MR) is 86.8 cm³/mol. The molecule has 6 nitrogen and oxygen atoms in total. The second-order valence-electron chi connectivity index (χ2n) is 4.74. The smallest absolute Gasteiger partial charge is 0.310 e. The Balaban J connectivity index is 1.77. The Morgan fingerprint density at radius 3 is 2.57 bits per heavy atom. The summed E-state index contributed by atoms with van der Waals surface area (Å²) >= 11 is 5.80. The second kappa shape index (κ2) is 8.14. The molecular formula is C16H15ClN2O4. The monoisotopic (exact) mass is 334 g/mol. The lowest BCUT2D eigenvalue weighted by Gasteiger charge is -2.08. The molecule has 7 heteroatoms. The molecule has 0 aromatic heterocycles. The number of amides is 1. The molecule has 0 saturated carbocycles. The average molecular weight is 335 g/mol. The number of para-hydroxylation sites is 2. The summed E-state index contributed by atoms with van der Waals surface area (Å²) in [6.07, 6.45) is 0.661. The molecule has 1 amide bonds. The van der Waals surface area contributed by atoms with Gasteiger partial charge >= 0.3 is 5.69 Å². The average Bonchev–Trinajstić information content (AvgIpc) is 2.55. The molecule has 0 fully saturated rings. The van der Waals surface area contributed by atoms with E-state index < -0.39 is 4.92 Å². The van der Waals surface area contributed by atoms with E-state index in [-0.39, 0.29) is 24.0 Å². The van der Waals surface area contributed by atoms with Crippen LogP contribution in [0.1, 0.15) is 5.56 Å². The van der Waals surface area contributed by atoms with E-state index in [1.807, 2.05) is 12.1 Å². The molecule has 0 saturated heterocycles. The molecule has 0 spiro atoms. The zero-order valence-corrected chi connectivity index (χ0v) is 13.0. The molecule has 120 valence electrons. The first-order chi connectivity index (χ1) is 11.1. The molecular weight excluding hydrogens is 320 g/mol. The Labute approximate surface area is 138 Å². The van der Waals surface area contributed by atoms with Crippen molar-refractivity contribution >= 4 is 23.2 Å². The van der Waals surface area contributed by atoms with Gasteiger partial charge in [-0.15, -0.1) is 0 Å². The molecule has 2 rings (SSSR count). The van der Waals surface area contributed by atoms with Crippen LogP contribution in [0.25, 0.3) is 0 Å². The fraction of sp³-hybridized carbons (Fsp3) is 0.188. The standard InChI is InChI=1S/C16H15ClN2O4/c17-13-7-5-12(6-8-13)9-10-18-16(20)11-23-15-4-2-1-3-14(15)19(21)22/h1-8H,9-11H2,(H,18,20). The lowest BCUT2D eigenvalue weighted by atomic mass is 10.1. The van der Waals surface area contributed by atoms with E-state index >= 15 is 0 Å². The summed E-state index contributed by atoms with van der Waals surface area (Å²) in [5, 5.41) is 14.2. The normalized spacial score (nSPS) is 10.1. The van der Waals surface area contributed by atoms with Crippen LogP contribution in [0.5, 0.6) is 5.75 Å². The summed E-state index contributed by atoms with van der Waals surface area (Å²) in [5.41, 5.74) is 0.885. The summed E-state index contributed by atoms with van der Waals surface area (Å²) in [7, 11) is 0. The molecule has 2 aromatic carbocycles. The number of nitrogens with one attached hydrogen (secondary N) is 1. The number of nitrogens with zero attached hydrogens (tertiary/aromatic N) is 1. The molecule has 1 N–H and O–H groups in total. The fourth-order valence-electron chi connectivity index (χ4n) is 1.92. The maximum atomic E-state index is 11.7. The maximum Gasteiger partial charge on any atom is 0.310 e. The molecule has 0 unspecified atom stereocenters. The van der Waals surface area contributed by atoms with Gasteiger partial charge in [-0.3, -0.25) is 14.9 Å². The van der Waals surface area contributed by atoms with E-state index in [1.54, 1.807) is 18.2 Å². The Kier molecular flexibility index (Phi) is 5.94. The van der Waals surface area contributed by atoms with E-state index in [1.165, 1.54) is 18.2 Å². The number of halogens is 1. The highest BCUT2D eigenvalue weighted by molar-refractivity contribution is 6.30. The van der Waals surface area contributed by atoms with E-state index in [0.29, 0.717) is 18.0 Å². The van der Waals surface area contributed by atoms with Crippen LogP contribution in [0.3, 0.4) is 0 Å². The van der Waals surface area contributed by atoms with Crippen molar-refractivity contribution in [2.24, 2.45) is 0 Å². The highest BCUT2D eigenvalue weighted by atomic mass is 35.5. The Morgan fingerprint density at radius 1 is 1.17 bits per heavy atom. The number of hydrogen-bond acceptors (Lipinski definition) is 4. The number of carbonyl (C=O) groups is 1. The minimum atomic E-state index is -0.548.